The van der Waals surface area contributed by atoms with E-state index in [1.165, 1.54) is 5.56 Å². The van der Waals surface area contributed by atoms with E-state index in [-0.39, 0.29) is 25.0 Å². The van der Waals surface area contributed by atoms with Gasteiger partial charge in [-0.2, -0.15) is 0 Å². The summed E-state index contributed by atoms with van der Waals surface area (Å²) in [6.07, 6.45) is 0.558. The molecule has 2 aromatic rings. The van der Waals surface area contributed by atoms with E-state index in [1.807, 2.05) is 30.3 Å². The van der Waals surface area contributed by atoms with Crippen LogP contribution < -0.4 is 9.47 Å². The van der Waals surface area contributed by atoms with E-state index in [2.05, 4.69) is 30.0 Å². The maximum absolute atomic E-state index is 9.56. The normalized spacial score (nSPS) is 21.5. The molecule has 0 bridgehead atoms. The summed E-state index contributed by atoms with van der Waals surface area (Å²) in [7, 11) is 3.29. The van der Waals surface area contributed by atoms with E-state index in [4.69, 9.17) is 14.2 Å². The van der Waals surface area contributed by atoms with Crippen molar-refractivity contribution in [1.29, 1.82) is 0 Å². The van der Waals surface area contributed by atoms with Crippen molar-refractivity contribution >= 4 is 0 Å². The van der Waals surface area contributed by atoms with Gasteiger partial charge in [0.25, 0.3) is 0 Å². The highest BCUT2D eigenvalue weighted by atomic mass is 16.5. The summed E-state index contributed by atoms with van der Waals surface area (Å²) in [5, 5.41) is 9.56. The van der Waals surface area contributed by atoms with Gasteiger partial charge in [0.15, 0.2) is 11.5 Å². The lowest BCUT2D eigenvalue weighted by atomic mass is 10.0. The molecular weight excluding hydrogens is 330 g/mol. The molecule has 1 heterocycles. The Bertz CT molecular complexity index is 706. The topological polar surface area (TPSA) is 51.2 Å². The first-order valence-corrected chi connectivity index (χ1v) is 8.94. The summed E-state index contributed by atoms with van der Waals surface area (Å²) in [6.45, 7) is 2.93. The fraction of sp³-hybridized carbons (Fsp3) is 0.429. The summed E-state index contributed by atoms with van der Waals surface area (Å²) in [4.78, 5) is 2.31. The van der Waals surface area contributed by atoms with Crippen LogP contribution in [0.4, 0.5) is 0 Å². The first kappa shape index (κ1) is 18.7. The van der Waals surface area contributed by atoms with E-state index < -0.39 is 0 Å². The number of aliphatic hydroxyl groups excluding tert-OH is 1. The van der Waals surface area contributed by atoms with E-state index in [9.17, 15) is 5.11 Å². The van der Waals surface area contributed by atoms with Crippen molar-refractivity contribution in [2.45, 2.75) is 31.7 Å². The van der Waals surface area contributed by atoms with Crippen LogP contribution in [-0.2, 0) is 11.2 Å². The number of nitrogens with zero attached hydrogens (tertiary/aromatic N) is 1. The van der Waals surface area contributed by atoms with Gasteiger partial charge in [0.1, 0.15) is 6.23 Å². The lowest BCUT2D eigenvalue weighted by molar-refractivity contribution is -0.0283. The Morgan fingerprint density at radius 3 is 2.50 bits per heavy atom. The van der Waals surface area contributed by atoms with Gasteiger partial charge in [-0.05, 0) is 36.6 Å². The molecule has 5 heteroatoms. The Kier molecular flexibility index (Phi) is 6.14. The lowest BCUT2D eigenvalue weighted by Crippen LogP contribution is -2.35. The largest absolute Gasteiger partial charge is 0.493 e. The number of aliphatic hydroxyl groups is 1. The molecule has 0 amide bonds. The quantitative estimate of drug-likeness (QED) is 0.825. The number of ether oxygens (including phenoxy) is 3. The molecule has 0 spiro atoms. The zero-order valence-electron chi connectivity index (χ0n) is 15.6. The molecule has 140 valence electrons. The minimum Gasteiger partial charge on any atom is -0.493 e. The van der Waals surface area contributed by atoms with E-state index >= 15 is 0 Å². The molecule has 3 rings (SSSR count). The molecule has 2 aromatic carbocycles. The van der Waals surface area contributed by atoms with Crippen LogP contribution in [0.1, 0.15) is 24.3 Å². The fourth-order valence-electron chi connectivity index (χ4n) is 3.50. The van der Waals surface area contributed by atoms with Gasteiger partial charge in [0.2, 0.25) is 0 Å². The molecule has 1 saturated heterocycles. The van der Waals surface area contributed by atoms with Crippen molar-refractivity contribution in [3.8, 4) is 11.5 Å². The number of hydrogen-bond donors (Lipinski definition) is 1. The van der Waals surface area contributed by atoms with Crippen molar-refractivity contribution in [2.75, 3.05) is 27.4 Å². The minimum absolute atomic E-state index is 0.0307. The average Bonchev–Trinajstić information content (AvgIpc) is 3.13. The van der Waals surface area contributed by atoms with Gasteiger partial charge in [0.05, 0.1) is 26.9 Å². The molecule has 1 fully saturated rings. The number of rotatable bonds is 7. The molecule has 1 aliphatic heterocycles. The average molecular weight is 357 g/mol. The Labute approximate surface area is 155 Å². The summed E-state index contributed by atoms with van der Waals surface area (Å²) >= 11 is 0. The molecule has 5 nitrogen and oxygen atoms in total. The Balaban J connectivity index is 1.78. The third-order valence-electron chi connectivity index (χ3n) is 4.87. The van der Waals surface area contributed by atoms with Gasteiger partial charge in [0, 0.05) is 12.6 Å². The summed E-state index contributed by atoms with van der Waals surface area (Å²) in [6, 6.07) is 16.4. The lowest BCUT2D eigenvalue weighted by Gasteiger charge is -2.29. The standard InChI is InChI=1S/C21H27NO4/c1-15(11-16-9-10-19(24-2)20(12-16)25-3)22-13-18(14-23)26-21(22)17-7-5-4-6-8-17/h4-10,12,15,18,21,23H,11,13-14H2,1-3H3. The zero-order valence-corrected chi connectivity index (χ0v) is 15.6. The predicted octanol–water partition coefficient (Wildman–Crippen LogP) is 3.03. The highest BCUT2D eigenvalue weighted by Crippen LogP contribution is 2.34. The van der Waals surface area contributed by atoms with E-state index in [1.54, 1.807) is 14.2 Å². The Morgan fingerprint density at radius 1 is 1.12 bits per heavy atom. The highest BCUT2D eigenvalue weighted by molar-refractivity contribution is 5.43. The Hall–Kier alpha value is -2.08. The molecule has 0 saturated carbocycles. The molecule has 1 N–H and O–H groups in total. The Morgan fingerprint density at radius 2 is 1.85 bits per heavy atom. The summed E-state index contributed by atoms with van der Waals surface area (Å²) in [5.41, 5.74) is 2.29. The molecule has 0 aliphatic carbocycles. The maximum Gasteiger partial charge on any atom is 0.160 e. The van der Waals surface area contributed by atoms with Crippen molar-refractivity contribution in [1.82, 2.24) is 4.90 Å². The minimum atomic E-state index is -0.159. The van der Waals surface area contributed by atoms with E-state index in [0.717, 1.165) is 23.5 Å². The molecule has 3 unspecified atom stereocenters. The van der Waals surface area contributed by atoms with Gasteiger partial charge in [-0.15, -0.1) is 0 Å². The van der Waals surface area contributed by atoms with Crippen LogP contribution in [0.15, 0.2) is 48.5 Å². The smallest absolute Gasteiger partial charge is 0.160 e. The van der Waals surface area contributed by atoms with Gasteiger partial charge >= 0.3 is 0 Å². The van der Waals surface area contributed by atoms with E-state index in [0.29, 0.717) is 6.54 Å². The van der Waals surface area contributed by atoms with Gasteiger partial charge in [-0.1, -0.05) is 36.4 Å². The molecule has 0 radical (unpaired) electrons. The van der Waals surface area contributed by atoms with Crippen molar-refractivity contribution < 1.29 is 19.3 Å². The van der Waals surface area contributed by atoms with Gasteiger partial charge in [-0.3, -0.25) is 4.90 Å². The van der Waals surface area contributed by atoms with Crippen LogP contribution in [0.3, 0.4) is 0 Å². The summed E-state index contributed by atoms with van der Waals surface area (Å²) < 4.78 is 16.8. The van der Waals surface area contributed by atoms with Crippen LogP contribution in [0.5, 0.6) is 11.5 Å². The van der Waals surface area contributed by atoms with Crippen molar-refractivity contribution in [3.05, 3.63) is 59.7 Å². The molecule has 3 atom stereocenters. The van der Waals surface area contributed by atoms with Crippen molar-refractivity contribution in [2.24, 2.45) is 0 Å². The third-order valence-corrected chi connectivity index (χ3v) is 4.87. The predicted molar refractivity (Wildman–Crippen MR) is 101 cm³/mol. The van der Waals surface area contributed by atoms with Crippen LogP contribution in [-0.4, -0.2) is 49.5 Å². The molecule has 1 aliphatic rings. The second kappa shape index (κ2) is 8.54. The molecule has 0 aromatic heterocycles. The second-order valence-electron chi connectivity index (χ2n) is 6.64. The van der Waals surface area contributed by atoms with Crippen LogP contribution >= 0.6 is 0 Å². The maximum atomic E-state index is 9.56. The second-order valence-corrected chi connectivity index (χ2v) is 6.64. The van der Waals surface area contributed by atoms with Crippen LogP contribution in [0.2, 0.25) is 0 Å². The molecular formula is C21H27NO4. The van der Waals surface area contributed by atoms with Crippen LogP contribution in [0, 0.1) is 0 Å². The number of benzene rings is 2. The number of hydrogen-bond acceptors (Lipinski definition) is 5. The van der Waals surface area contributed by atoms with Crippen LogP contribution in [0.25, 0.3) is 0 Å². The number of methoxy groups -OCH3 is 2. The highest BCUT2D eigenvalue weighted by Gasteiger charge is 2.36. The van der Waals surface area contributed by atoms with Crippen molar-refractivity contribution in [3.63, 3.8) is 0 Å². The van der Waals surface area contributed by atoms with Gasteiger partial charge in [-0.25, -0.2) is 0 Å². The molecule has 26 heavy (non-hydrogen) atoms. The fourth-order valence-corrected chi connectivity index (χ4v) is 3.50. The monoisotopic (exact) mass is 357 g/mol. The SMILES string of the molecule is COc1ccc(CC(C)N2CC(CO)OC2c2ccccc2)cc1OC. The first-order valence-electron chi connectivity index (χ1n) is 8.94. The van der Waals surface area contributed by atoms with Gasteiger partial charge < -0.3 is 19.3 Å². The first-order chi connectivity index (χ1) is 12.7. The third kappa shape index (κ3) is 4.01. The summed E-state index contributed by atoms with van der Waals surface area (Å²) in [5.74, 6) is 1.47. The zero-order chi connectivity index (χ0) is 18.5.